The molecular weight excluding hydrogens is 464 g/mol. The number of hydrogen-bond donors (Lipinski definition) is 1. The van der Waals surface area contributed by atoms with Gasteiger partial charge in [-0.2, -0.15) is 4.31 Å². The molecule has 1 N–H and O–H groups in total. The Hall–Kier alpha value is -2.60. The number of imidazole rings is 1. The molecule has 2 heterocycles. The number of anilines is 1. The number of sulfonamides is 1. The van der Waals surface area contributed by atoms with E-state index < -0.39 is 10.0 Å². The van der Waals surface area contributed by atoms with E-state index >= 15 is 0 Å². The molecule has 176 valence electrons. The molecule has 9 nitrogen and oxygen atoms in total. The van der Waals surface area contributed by atoms with Crippen LogP contribution in [-0.2, 0) is 26.1 Å². The summed E-state index contributed by atoms with van der Waals surface area (Å²) in [7, 11) is -2.22. The van der Waals surface area contributed by atoms with Gasteiger partial charge in [0.15, 0.2) is 5.16 Å². The molecule has 0 aliphatic carbocycles. The molecule has 33 heavy (non-hydrogen) atoms. The van der Waals surface area contributed by atoms with Crippen molar-refractivity contribution < 1.29 is 22.7 Å². The third-order valence-electron chi connectivity index (χ3n) is 5.32. The molecule has 1 aliphatic rings. The van der Waals surface area contributed by atoms with Crippen LogP contribution in [-0.4, -0.2) is 67.3 Å². The minimum absolute atomic E-state index is 0.0981. The number of aryl methyl sites for hydroxylation is 1. The summed E-state index contributed by atoms with van der Waals surface area (Å²) in [4.78, 5) is 17.4. The van der Waals surface area contributed by atoms with Crippen molar-refractivity contribution in [2.24, 2.45) is 0 Å². The summed E-state index contributed by atoms with van der Waals surface area (Å²) in [6, 6.07) is 12.3. The van der Waals surface area contributed by atoms with Gasteiger partial charge in [0, 0.05) is 19.6 Å². The predicted molar refractivity (Wildman–Crippen MR) is 127 cm³/mol. The van der Waals surface area contributed by atoms with E-state index in [1.807, 2.05) is 31.2 Å². The molecule has 11 heteroatoms. The highest BCUT2D eigenvalue weighted by atomic mass is 32.2. The number of rotatable bonds is 8. The van der Waals surface area contributed by atoms with Crippen molar-refractivity contribution in [3.05, 3.63) is 42.5 Å². The number of thioether (sulfide) groups is 1. The van der Waals surface area contributed by atoms with Gasteiger partial charge < -0.3 is 19.4 Å². The van der Waals surface area contributed by atoms with E-state index in [0.29, 0.717) is 37.7 Å². The second-order valence-corrected chi connectivity index (χ2v) is 10.2. The number of aromatic nitrogens is 2. The topological polar surface area (TPSA) is 103 Å². The Morgan fingerprint density at radius 3 is 2.70 bits per heavy atom. The van der Waals surface area contributed by atoms with Crippen molar-refractivity contribution in [2.45, 2.75) is 23.5 Å². The minimum atomic E-state index is -3.70. The number of ether oxygens (including phenoxy) is 2. The number of amides is 1. The fraction of sp³-hybridized carbons (Fsp3) is 0.364. The minimum Gasteiger partial charge on any atom is -0.495 e. The Balaban J connectivity index is 1.50. The van der Waals surface area contributed by atoms with E-state index in [2.05, 4.69) is 14.9 Å². The molecule has 1 aliphatic heterocycles. The maximum absolute atomic E-state index is 13.0. The van der Waals surface area contributed by atoms with Gasteiger partial charge in [-0.3, -0.25) is 4.79 Å². The summed E-state index contributed by atoms with van der Waals surface area (Å²) >= 11 is 1.33. The van der Waals surface area contributed by atoms with E-state index in [1.54, 1.807) is 6.07 Å². The lowest BCUT2D eigenvalue weighted by Crippen LogP contribution is -2.40. The second-order valence-electron chi connectivity index (χ2n) is 7.34. The molecule has 1 aromatic heterocycles. The Kier molecular flexibility index (Phi) is 7.23. The number of carbonyl (C=O) groups is 1. The Bertz CT molecular complexity index is 1250. The van der Waals surface area contributed by atoms with Crippen LogP contribution < -0.4 is 10.1 Å². The Morgan fingerprint density at radius 2 is 1.97 bits per heavy atom. The lowest BCUT2D eigenvalue weighted by Gasteiger charge is -2.26. The van der Waals surface area contributed by atoms with Crippen LogP contribution in [0, 0.1) is 0 Å². The second kappa shape index (κ2) is 10.1. The maximum atomic E-state index is 13.0. The maximum Gasteiger partial charge on any atom is 0.243 e. The molecule has 0 saturated carbocycles. The molecule has 1 fully saturated rings. The van der Waals surface area contributed by atoms with Crippen LogP contribution in [0.5, 0.6) is 5.75 Å². The van der Waals surface area contributed by atoms with Gasteiger partial charge in [-0.1, -0.05) is 23.9 Å². The van der Waals surface area contributed by atoms with E-state index in [4.69, 9.17) is 9.47 Å². The molecule has 0 spiro atoms. The first-order valence-electron chi connectivity index (χ1n) is 10.6. The van der Waals surface area contributed by atoms with Gasteiger partial charge in [0.05, 0.1) is 47.7 Å². The highest BCUT2D eigenvalue weighted by Gasteiger charge is 2.27. The summed E-state index contributed by atoms with van der Waals surface area (Å²) in [5, 5.41) is 3.54. The van der Waals surface area contributed by atoms with Gasteiger partial charge in [0.1, 0.15) is 5.75 Å². The highest BCUT2D eigenvalue weighted by molar-refractivity contribution is 7.99. The van der Waals surface area contributed by atoms with Crippen molar-refractivity contribution in [3.63, 3.8) is 0 Å². The fourth-order valence-corrected chi connectivity index (χ4v) is 5.98. The van der Waals surface area contributed by atoms with E-state index in [9.17, 15) is 13.2 Å². The number of hydrogen-bond acceptors (Lipinski definition) is 7. The first-order valence-corrected chi connectivity index (χ1v) is 13.0. The highest BCUT2D eigenvalue weighted by Crippen LogP contribution is 2.30. The third kappa shape index (κ3) is 5.01. The molecule has 0 radical (unpaired) electrons. The Morgan fingerprint density at radius 1 is 1.21 bits per heavy atom. The van der Waals surface area contributed by atoms with Crippen LogP contribution in [0.15, 0.2) is 52.5 Å². The van der Waals surface area contributed by atoms with Crippen molar-refractivity contribution in [1.29, 1.82) is 0 Å². The zero-order chi connectivity index (χ0) is 23.4. The van der Waals surface area contributed by atoms with E-state index in [1.165, 1.54) is 35.3 Å². The van der Waals surface area contributed by atoms with Crippen LogP contribution in [0.3, 0.4) is 0 Å². The van der Waals surface area contributed by atoms with Gasteiger partial charge in [-0.15, -0.1) is 0 Å². The number of nitrogens with one attached hydrogen (secondary N) is 1. The lowest BCUT2D eigenvalue weighted by atomic mass is 10.3. The van der Waals surface area contributed by atoms with E-state index in [0.717, 1.165) is 22.7 Å². The quantitative estimate of drug-likeness (QED) is 0.485. The summed E-state index contributed by atoms with van der Waals surface area (Å²) in [5.74, 6) is 0.219. The standard InChI is InChI=1S/C22H26N4O5S2/c1-3-26-19-7-5-4-6-17(19)24-22(26)32-15-21(27)23-18-14-16(8-9-20(18)30-2)33(28,29)25-10-12-31-13-11-25/h4-9,14H,3,10-13,15H2,1-2H3,(H,23,27). The van der Waals surface area contributed by atoms with E-state index in [-0.39, 0.29) is 16.6 Å². The van der Waals surface area contributed by atoms with Gasteiger partial charge in [-0.25, -0.2) is 13.4 Å². The molecule has 4 rings (SSSR count). The zero-order valence-corrected chi connectivity index (χ0v) is 20.1. The zero-order valence-electron chi connectivity index (χ0n) is 18.5. The van der Waals surface area contributed by atoms with Crippen LogP contribution in [0.2, 0.25) is 0 Å². The number of carbonyl (C=O) groups excluding carboxylic acids is 1. The molecule has 2 aromatic carbocycles. The summed E-state index contributed by atoms with van der Waals surface area (Å²) < 4.78 is 40.0. The third-order valence-corrected chi connectivity index (χ3v) is 8.19. The predicted octanol–water partition coefficient (Wildman–Crippen LogP) is 2.82. The number of methoxy groups -OCH3 is 1. The largest absolute Gasteiger partial charge is 0.495 e. The first kappa shape index (κ1) is 23.6. The number of benzene rings is 2. The van der Waals surface area contributed by atoms with Gasteiger partial charge in [0.2, 0.25) is 15.9 Å². The van der Waals surface area contributed by atoms with Crippen LogP contribution in [0.1, 0.15) is 6.92 Å². The molecule has 3 aromatic rings. The van der Waals surface area contributed by atoms with Crippen LogP contribution in [0.4, 0.5) is 5.69 Å². The summed E-state index contributed by atoms with van der Waals surface area (Å²) in [6.07, 6.45) is 0. The summed E-state index contributed by atoms with van der Waals surface area (Å²) in [5.41, 5.74) is 2.21. The smallest absolute Gasteiger partial charge is 0.243 e. The van der Waals surface area contributed by atoms with Gasteiger partial charge in [-0.05, 0) is 37.3 Å². The SMILES string of the molecule is CCn1c(SCC(=O)Nc2cc(S(=O)(=O)N3CCOCC3)ccc2OC)nc2ccccc21. The van der Waals surface area contributed by atoms with Crippen molar-refractivity contribution >= 4 is 44.4 Å². The van der Waals surface area contributed by atoms with Gasteiger partial charge in [0.25, 0.3) is 0 Å². The first-order chi connectivity index (χ1) is 15.9. The summed E-state index contributed by atoms with van der Waals surface area (Å²) in [6.45, 7) is 4.08. The molecule has 0 unspecified atom stereocenters. The van der Waals surface area contributed by atoms with Crippen LogP contribution in [0.25, 0.3) is 11.0 Å². The monoisotopic (exact) mass is 490 g/mol. The average Bonchev–Trinajstić information content (AvgIpc) is 3.20. The number of morpholine rings is 1. The van der Waals surface area contributed by atoms with Crippen molar-refractivity contribution in [2.75, 3.05) is 44.5 Å². The molecule has 0 bridgehead atoms. The fourth-order valence-electron chi connectivity index (χ4n) is 3.67. The molecule has 0 atom stereocenters. The van der Waals surface area contributed by atoms with Crippen molar-refractivity contribution in [1.82, 2.24) is 13.9 Å². The number of fused-ring (bicyclic) bond motifs is 1. The lowest BCUT2D eigenvalue weighted by molar-refractivity contribution is -0.113. The number of para-hydroxylation sites is 2. The Labute approximate surface area is 197 Å². The molecular formula is C22H26N4O5S2. The average molecular weight is 491 g/mol. The number of nitrogens with zero attached hydrogens (tertiary/aromatic N) is 3. The normalized spacial score (nSPS) is 15.0. The molecule has 1 saturated heterocycles. The van der Waals surface area contributed by atoms with Crippen molar-refractivity contribution in [3.8, 4) is 5.75 Å². The molecule has 1 amide bonds. The van der Waals surface area contributed by atoms with Crippen LogP contribution >= 0.6 is 11.8 Å². The van der Waals surface area contributed by atoms with Gasteiger partial charge >= 0.3 is 0 Å².